The van der Waals surface area contributed by atoms with Gasteiger partial charge in [-0.25, -0.2) is 18.2 Å². The van der Waals surface area contributed by atoms with Gasteiger partial charge < -0.3 is 14.5 Å². The largest absolute Gasteiger partial charge is 0.444 e. The third kappa shape index (κ3) is 5.27. The number of sulfone groups is 1. The highest BCUT2D eigenvalue weighted by atomic mass is 35.5. The highest BCUT2D eigenvalue weighted by Crippen LogP contribution is 2.38. The molecule has 11 heteroatoms. The van der Waals surface area contributed by atoms with Gasteiger partial charge in [0, 0.05) is 42.5 Å². The molecule has 2 aromatic heterocycles. The zero-order valence-corrected chi connectivity index (χ0v) is 22.2. The molecule has 1 amide bonds. The molecule has 182 valence electrons. The lowest BCUT2D eigenvalue weighted by Gasteiger charge is -2.26. The predicted octanol–water partition coefficient (Wildman–Crippen LogP) is 5.88. The number of benzene rings is 1. The van der Waals surface area contributed by atoms with Gasteiger partial charge in [0.05, 0.1) is 14.9 Å². The molecule has 1 fully saturated rings. The number of fused-ring (bicyclic) bond motifs is 1. The summed E-state index contributed by atoms with van der Waals surface area (Å²) < 4.78 is 33.1. The van der Waals surface area contributed by atoms with E-state index >= 15 is 0 Å². The highest BCUT2D eigenvalue weighted by molar-refractivity contribution is 7.93. The van der Waals surface area contributed by atoms with Crippen molar-refractivity contribution in [1.82, 2.24) is 9.88 Å². The fraction of sp³-hybridized carbons (Fsp3) is 0.391. The van der Waals surface area contributed by atoms with Crippen LogP contribution in [0, 0.1) is 0 Å². The molecule has 1 aromatic carbocycles. The van der Waals surface area contributed by atoms with Gasteiger partial charge in [0.1, 0.15) is 15.6 Å². The molecule has 0 saturated carbocycles. The van der Waals surface area contributed by atoms with E-state index in [1.54, 1.807) is 17.2 Å². The monoisotopic (exact) mass is 541 g/mol. The molecule has 1 aliphatic rings. The van der Waals surface area contributed by atoms with E-state index in [4.69, 9.17) is 27.9 Å². The third-order valence-electron chi connectivity index (χ3n) is 5.32. The molecule has 0 aliphatic carbocycles. The number of ether oxygens (including phenoxy) is 1. The molecule has 0 atom stereocenters. The molecular formula is C23H25Cl2N3O4S2. The number of carbonyl (C=O) groups is 1. The second-order valence-electron chi connectivity index (χ2n) is 9.00. The summed E-state index contributed by atoms with van der Waals surface area (Å²) in [6.45, 7) is 7.87. The van der Waals surface area contributed by atoms with Gasteiger partial charge in [-0.15, -0.1) is 11.3 Å². The van der Waals surface area contributed by atoms with Gasteiger partial charge in [0.25, 0.3) is 0 Å². The average Bonchev–Trinajstić information content (AvgIpc) is 3.06. The van der Waals surface area contributed by atoms with Crippen LogP contribution in [0.3, 0.4) is 0 Å². The maximum Gasteiger partial charge on any atom is 0.410 e. The standard InChI is InChI=1S/C23H25Cl2N3O4S2/c1-23(2,3)32-22(29)28-10-4-9-27(11-12-28)21-16-14-20(33-19(16)7-8-26-21)34(30,31)15-5-6-17(24)18(25)13-15/h5-8,13-14H,4,9-12H2,1-3H3. The lowest BCUT2D eigenvalue weighted by Crippen LogP contribution is -2.39. The Morgan fingerprint density at radius 1 is 1.06 bits per heavy atom. The first-order valence-electron chi connectivity index (χ1n) is 10.8. The van der Waals surface area contributed by atoms with E-state index in [1.807, 2.05) is 26.8 Å². The number of carbonyl (C=O) groups excluding carboxylic acids is 1. The van der Waals surface area contributed by atoms with E-state index in [9.17, 15) is 13.2 Å². The average molecular weight is 543 g/mol. The van der Waals surface area contributed by atoms with Crippen molar-refractivity contribution in [2.45, 2.75) is 41.9 Å². The van der Waals surface area contributed by atoms with Crippen molar-refractivity contribution in [2.75, 3.05) is 31.1 Å². The third-order valence-corrected chi connectivity index (χ3v) is 9.38. The SMILES string of the molecule is CC(C)(C)OC(=O)N1CCCN(c2nccc3sc(S(=O)(=O)c4ccc(Cl)c(Cl)c4)cc23)CC1. The molecule has 1 saturated heterocycles. The predicted molar refractivity (Wildman–Crippen MR) is 136 cm³/mol. The first kappa shape index (κ1) is 25.0. The molecule has 7 nitrogen and oxygen atoms in total. The Bertz CT molecular complexity index is 1340. The van der Waals surface area contributed by atoms with Gasteiger partial charge in [-0.3, -0.25) is 0 Å². The number of rotatable bonds is 3. The number of thiophene rings is 1. The van der Waals surface area contributed by atoms with Crippen LogP contribution < -0.4 is 4.90 Å². The Morgan fingerprint density at radius 2 is 1.82 bits per heavy atom. The second-order valence-corrected chi connectivity index (χ2v) is 13.1. The van der Waals surface area contributed by atoms with Crippen molar-refractivity contribution in [3.05, 3.63) is 46.6 Å². The first-order valence-corrected chi connectivity index (χ1v) is 13.8. The summed E-state index contributed by atoms with van der Waals surface area (Å²) >= 11 is 13.2. The molecule has 0 radical (unpaired) electrons. The zero-order chi connectivity index (χ0) is 24.7. The number of anilines is 1. The molecule has 3 aromatic rings. The minimum atomic E-state index is -3.77. The molecule has 3 heterocycles. The van der Waals surface area contributed by atoms with Gasteiger partial charge in [-0.05, 0) is 57.5 Å². The Labute approximate surface area is 213 Å². The lowest BCUT2D eigenvalue weighted by atomic mass is 10.2. The molecule has 34 heavy (non-hydrogen) atoms. The number of aromatic nitrogens is 1. The summed E-state index contributed by atoms with van der Waals surface area (Å²) in [5.41, 5.74) is -0.552. The van der Waals surface area contributed by atoms with Crippen LogP contribution in [0.5, 0.6) is 0 Å². The Hall–Kier alpha value is -2.07. The minimum Gasteiger partial charge on any atom is -0.444 e. The van der Waals surface area contributed by atoms with E-state index in [0.717, 1.165) is 16.5 Å². The lowest BCUT2D eigenvalue weighted by molar-refractivity contribution is 0.0263. The van der Waals surface area contributed by atoms with Crippen LogP contribution in [0.1, 0.15) is 27.2 Å². The van der Waals surface area contributed by atoms with Crippen molar-refractivity contribution < 1.29 is 17.9 Å². The maximum atomic E-state index is 13.3. The zero-order valence-electron chi connectivity index (χ0n) is 19.0. The van der Waals surface area contributed by atoms with Gasteiger partial charge in [0.15, 0.2) is 0 Å². The summed E-state index contributed by atoms with van der Waals surface area (Å²) in [5.74, 6) is 0.704. The number of halogens is 2. The Kier molecular flexibility index (Phi) is 7.01. The second kappa shape index (κ2) is 9.53. The fourth-order valence-electron chi connectivity index (χ4n) is 3.71. The van der Waals surface area contributed by atoms with Gasteiger partial charge in [0.2, 0.25) is 9.84 Å². The van der Waals surface area contributed by atoms with Crippen molar-refractivity contribution in [1.29, 1.82) is 0 Å². The molecule has 0 spiro atoms. The molecule has 1 aliphatic heterocycles. The minimum absolute atomic E-state index is 0.0886. The summed E-state index contributed by atoms with van der Waals surface area (Å²) in [4.78, 5) is 21.0. The highest BCUT2D eigenvalue weighted by Gasteiger charge is 2.27. The van der Waals surface area contributed by atoms with Crippen LogP contribution in [0.2, 0.25) is 10.0 Å². The molecule has 0 N–H and O–H groups in total. The van der Waals surface area contributed by atoms with Crippen LogP contribution in [0.4, 0.5) is 10.6 Å². The molecule has 0 unspecified atom stereocenters. The number of amides is 1. The molecule has 0 bridgehead atoms. The summed E-state index contributed by atoms with van der Waals surface area (Å²) in [7, 11) is -3.77. The Balaban J connectivity index is 1.61. The van der Waals surface area contributed by atoms with E-state index in [0.29, 0.717) is 37.0 Å². The smallest absolute Gasteiger partial charge is 0.410 e. The van der Waals surface area contributed by atoms with Crippen LogP contribution in [-0.2, 0) is 14.6 Å². The van der Waals surface area contributed by atoms with E-state index in [-0.39, 0.29) is 20.2 Å². The quantitative estimate of drug-likeness (QED) is 0.411. The summed E-state index contributed by atoms with van der Waals surface area (Å²) in [6.07, 6.45) is 2.10. The number of hydrogen-bond acceptors (Lipinski definition) is 7. The topological polar surface area (TPSA) is 79.8 Å². The Morgan fingerprint density at radius 3 is 2.53 bits per heavy atom. The van der Waals surface area contributed by atoms with Crippen molar-refractivity contribution in [3.63, 3.8) is 0 Å². The van der Waals surface area contributed by atoms with Crippen LogP contribution in [0.15, 0.2) is 45.6 Å². The summed E-state index contributed by atoms with van der Waals surface area (Å²) in [5, 5.41) is 1.24. The summed E-state index contributed by atoms with van der Waals surface area (Å²) in [6, 6.07) is 7.76. The van der Waals surface area contributed by atoms with Gasteiger partial charge >= 0.3 is 6.09 Å². The maximum absolute atomic E-state index is 13.3. The van der Waals surface area contributed by atoms with Crippen LogP contribution >= 0.6 is 34.5 Å². The number of hydrogen-bond donors (Lipinski definition) is 0. The van der Waals surface area contributed by atoms with Crippen molar-refractivity contribution >= 4 is 66.4 Å². The van der Waals surface area contributed by atoms with Crippen molar-refractivity contribution in [3.8, 4) is 0 Å². The van der Waals surface area contributed by atoms with E-state index in [1.165, 1.54) is 29.5 Å². The van der Waals surface area contributed by atoms with E-state index < -0.39 is 15.4 Å². The molecule has 4 rings (SSSR count). The fourth-order valence-corrected chi connectivity index (χ4v) is 6.88. The molecular weight excluding hydrogens is 517 g/mol. The number of pyridine rings is 1. The first-order chi connectivity index (χ1) is 16.0. The van der Waals surface area contributed by atoms with E-state index in [2.05, 4.69) is 9.88 Å². The van der Waals surface area contributed by atoms with Crippen LogP contribution in [-0.4, -0.2) is 56.2 Å². The van der Waals surface area contributed by atoms with Gasteiger partial charge in [-0.1, -0.05) is 23.2 Å². The number of nitrogens with zero attached hydrogens (tertiary/aromatic N) is 3. The normalized spacial score (nSPS) is 15.4. The van der Waals surface area contributed by atoms with Gasteiger partial charge in [-0.2, -0.15) is 0 Å². The van der Waals surface area contributed by atoms with Crippen LogP contribution in [0.25, 0.3) is 10.1 Å². The van der Waals surface area contributed by atoms with Crippen molar-refractivity contribution in [2.24, 2.45) is 0 Å².